The number of carboxylic acid groups (broad SMARTS) is 2. The molecule has 0 heterocycles. The van der Waals surface area contributed by atoms with E-state index in [-0.39, 0.29) is 38.2 Å². The molecule has 0 saturated carbocycles. The lowest BCUT2D eigenvalue weighted by Gasteiger charge is -2.25. The zero-order valence-corrected chi connectivity index (χ0v) is 22.9. The fourth-order valence-electron chi connectivity index (χ4n) is 3.99. The van der Waals surface area contributed by atoms with E-state index < -0.39 is 60.2 Å². The zero-order chi connectivity index (χ0) is 31.1. The summed E-state index contributed by atoms with van der Waals surface area (Å²) >= 11 is 0. The molecular weight excluding hydrogens is 546 g/mol. The minimum absolute atomic E-state index is 0.0205. The number of guanidine groups is 1. The highest BCUT2D eigenvalue weighted by Gasteiger charge is 2.31. The molecule has 2 aromatic carbocycles. The van der Waals surface area contributed by atoms with Gasteiger partial charge < -0.3 is 43.4 Å². The molecule has 2 rings (SSSR count). The third-order valence-electron chi connectivity index (χ3n) is 6.12. The van der Waals surface area contributed by atoms with Crippen molar-refractivity contribution in [2.75, 3.05) is 6.54 Å². The van der Waals surface area contributed by atoms with Gasteiger partial charge >= 0.3 is 11.9 Å². The first kappa shape index (κ1) is 33.2. The van der Waals surface area contributed by atoms with Gasteiger partial charge in [-0.3, -0.25) is 24.2 Å². The molecule has 14 nitrogen and oxygen atoms in total. The van der Waals surface area contributed by atoms with Gasteiger partial charge in [-0.25, -0.2) is 4.79 Å². The van der Waals surface area contributed by atoms with Crippen LogP contribution in [0.2, 0.25) is 0 Å². The molecule has 0 aliphatic carbocycles. The Morgan fingerprint density at radius 1 is 0.714 bits per heavy atom. The average Bonchev–Trinajstić information content (AvgIpc) is 2.94. The summed E-state index contributed by atoms with van der Waals surface area (Å²) < 4.78 is 0. The third kappa shape index (κ3) is 12.0. The van der Waals surface area contributed by atoms with E-state index in [0.717, 1.165) is 11.1 Å². The summed E-state index contributed by atoms with van der Waals surface area (Å²) in [6.07, 6.45) is -0.391. The van der Waals surface area contributed by atoms with Gasteiger partial charge in [0.05, 0.1) is 12.5 Å². The molecule has 3 amide bonds. The van der Waals surface area contributed by atoms with Crippen LogP contribution < -0.4 is 33.2 Å². The number of nitrogens with two attached hydrogens (primary N) is 3. The van der Waals surface area contributed by atoms with E-state index in [2.05, 4.69) is 20.9 Å². The molecule has 0 spiro atoms. The fourth-order valence-corrected chi connectivity index (χ4v) is 3.99. The maximum atomic E-state index is 13.5. The summed E-state index contributed by atoms with van der Waals surface area (Å²) in [5, 5.41) is 25.7. The van der Waals surface area contributed by atoms with Gasteiger partial charge in [0.25, 0.3) is 0 Å². The molecule has 4 atom stereocenters. The lowest BCUT2D eigenvalue weighted by atomic mass is 10.0. The molecule has 0 aliphatic rings. The maximum absolute atomic E-state index is 13.5. The van der Waals surface area contributed by atoms with Crippen molar-refractivity contribution < 1.29 is 34.2 Å². The van der Waals surface area contributed by atoms with Gasteiger partial charge in [0, 0.05) is 13.0 Å². The zero-order valence-electron chi connectivity index (χ0n) is 22.9. The Morgan fingerprint density at radius 3 is 1.74 bits per heavy atom. The first-order chi connectivity index (χ1) is 20.0. The highest BCUT2D eigenvalue weighted by molar-refractivity contribution is 5.94. The molecule has 11 N–H and O–H groups in total. The Balaban J connectivity index is 2.24. The van der Waals surface area contributed by atoms with E-state index in [1.54, 1.807) is 30.3 Å². The Hall–Kier alpha value is -4.98. The number of amides is 3. The standard InChI is InChI=1S/C28H37N7O7/c29-19(14-17-8-3-1-4-9-17)24(38)34-21(15-18-10-5-2-6-11-18)26(40)33-20(12-7-13-32-28(30)31)25(39)35-22(27(41)42)16-23(36)37/h1-6,8-11,19-22H,7,12-16,29H2,(H,33,40)(H,34,38)(H,35,39)(H,36,37)(H,41,42)(H4,30,31,32)/t19-,20-,21-,22-/m0/s1. The number of aliphatic imine (C=N–C) groups is 1. The number of carbonyl (C=O) groups is 5. The van der Waals surface area contributed by atoms with E-state index in [1.165, 1.54) is 0 Å². The SMILES string of the molecule is NC(N)=NCCC[C@H](NC(=O)[C@H](Cc1ccccc1)NC(=O)[C@@H](N)Cc1ccccc1)C(=O)N[C@@H](CC(=O)O)C(=O)O. The van der Waals surface area contributed by atoms with Crippen LogP contribution in [-0.2, 0) is 36.8 Å². The van der Waals surface area contributed by atoms with Crippen molar-refractivity contribution in [3.63, 3.8) is 0 Å². The van der Waals surface area contributed by atoms with Gasteiger partial charge in [-0.1, -0.05) is 60.7 Å². The van der Waals surface area contributed by atoms with Crippen molar-refractivity contribution in [2.45, 2.75) is 56.3 Å². The van der Waals surface area contributed by atoms with E-state index in [0.29, 0.717) is 0 Å². The van der Waals surface area contributed by atoms with Crippen LogP contribution in [0, 0.1) is 0 Å². The van der Waals surface area contributed by atoms with Crippen molar-refractivity contribution >= 4 is 35.6 Å². The van der Waals surface area contributed by atoms with Crippen molar-refractivity contribution in [3.8, 4) is 0 Å². The van der Waals surface area contributed by atoms with Crippen LogP contribution in [0.5, 0.6) is 0 Å². The topological polar surface area (TPSA) is 252 Å². The molecule has 0 aromatic heterocycles. The van der Waals surface area contributed by atoms with Crippen molar-refractivity contribution in [1.82, 2.24) is 16.0 Å². The summed E-state index contributed by atoms with van der Waals surface area (Å²) in [5.74, 6) is -5.41. The predicted molar refractivity (Wildman–Crippen MR) is 154 cm³/mol. The number of carbonyl (C=O) groups excluding carboxylic acids is 3. The minimum atomic E-state index is -1.73. The molecule has 0 unspecified atom stereocenters. The average molecular weight is 584 g/mol. The molecule has 42 heavy (non-hydrogen) atoms. The normalized spacial score (nSPS) is 13.5. The van der Waals surface area contributed by atoms with Crippen molar-refractivity contribution in [3.05, 3.63) is 71.8 Å². The van der Waals surface area contributed by atoms with Crippen LogP contribution >= 0.6 is 0 Å². The van der Waals surface area contributed by atoms with Crippen LogP contribution in [0.3, 0.4) is 0 Å². The maximum Gasteiger partial charge on any atom is 0.326 e. The molecule has 226 valence electrons. The van der Waals surface area contributed by atoms with Crippen LogP contribution in [0.1, 0.15) is 30.4 Å². The third-order valence-corrected chi connectivity index (χ3v) is 6.12. The Bertz CT molecular complexity index is 1240. The molecule has 14 heteroatoms. The highest BCUT2D eigenvalue weighted by atomic mass is 16.4. The van der Waals surface area contributed by atoms with Gasteiger partial charge in [0.2, 0.25) is 17.7 Å². The van der Waals surface area contributed by atoms with E-state index in [9.17, 15) is 29.1 Å². The van der Waals surface area contributed by atoms with Crippen molar-refractivity contribution in [2.24, 2.45) is 22.2 Å². The number of aliphatic carboxylic acids is 2. The number of benzene rings is 2. The quantitative estimate of drug-likeness (QED) is 0.0631. The summed E-state index contributed by atoms with van der Waals surface area (Å²) in [7, 11) is 0. The monoisotopic (exact) mass is 583 g/mol. The van der Waals surface area contributed by atoms with Gasteiger partial charge in [-0.2, -0.15) is 0 Å². The first-order valence-electron chi connectivity index (χ1n) is 13.2. The van der Waals surface area contributed by atoms with Gasteiger partial charge in [0.15, 0.2) is 5.96 Å². The van der Waals surface area contributed by atoms with Crippen LogP contribution in [-0.4, -0.2) is 76.5 Å². The number of hydrogen-bond donors (Lipinski definition) is 8. The number of nitrogens with one attached hydrogen (secondary N) is 3. The number of carboxylic acids is 2. The number of rotatable bonds is 17. The Kier molecular flexibility index (Phi) is 13.4. The Labute approximate surface area is 242 Å². The second-order valence-corrected chi connectivity index (χ2v) is 9.55. The minimum Gasteiger partial charge on any atom is -0.481 e. The van der Waals surface area contributed by atoms with E-state index in [4.69, 9.17) is 22.3 Å². The van der Waals surface area contributed by atoms with E-state index in [1.807, 2.05) is 30.3 Å². The predicted octanol–water partition coefficient (Wildman–Crippen LogP) is -1.13. The molecule has 2 aromatic rings. The lowest BCUT2D eigenvalue weighted by molar-refractivity contribution is -0.147. The summed E-state index contributed by atoms with van der Waals surface area (Å²) in [6, 6.07) is 12.8. The second-order valence-electron chi connectivity index (χ2n) is 9.55. The number of hydrogen-bond acceptors (Lipinski definition) is 7. The molecule has 0 aliphatic heterocycles. The first-order valence-corrected chi connectivity index (χ1v) is 13.2. The molecule has 0 bridgehead atoms. The summed E-state index contributed by atoms with van der Waals surface area (Å²) in [5.41, 5.74) is 18.3. The van der Waals surface area contributed by atoms with Gasteiger partial charge in [-0.05, 0) is 30.4 Å². The second kappa shape index (κ2) is 17.0. The smallest absolute Gasteiger partial charge is 0.326 e. The summed E-state index contributed by atoms with van der Waals surface area (Å²) in [4.78, 5) is 66.0. The lowest BCUT2D eigenvalue weighted by Crippen LogP contribution is -2.58. The molecule has 0 saturated heterocycles. The van der Waals surface area contributed by atoms with Crippen molar-refractivity contribution in [1.29, 1.82) is 0 Å². The van der Waals surface area contributed by atoms with Crippen LogP contribution in [0.25, 0.3) is 0 Å². The fraction of sp³-hybridized carbons (Fsp3) is 0.357. The van der Waals surface area contributed by atoms with E-state index >= 15 is 0 Å². The van der Waals surface area contributed by atoms with Gasteiger partial charge in [0.1, 0.15) is 18.1 Å². The van der Waals surface area contributed by atoms with Crippen LogP contribution in [0.4, 0.5) is 0 Å². The highest BCUT2D eigenvalue weighted by Crippen LogP contribution is 2.08. The largest absolute Gasteiger partial charge is 0.481 e. The number of nitrogens with zero attached hydrogens (tertiary/aromatic N) is 1. The molecule has 0 fully saturated rings. The molecular formula is C28H37N7O7. The Morgan fingerprint density at radius 2 is 1.21 bits per heavy atom. The molecule has 0 radical (unpaired) electrons. The van der Waals surface area contributed by atoms with Crippen LogP contribution in [0.15, 0.2) is 65.7 Å². The summed E-state index contributed by atoms with van der Waals surface area (Å²) in [6.45, 7) is 0.109. The van der Waals surface area contributed by atoms with Gasteiger partial charge in [-0.15, -0.1) is 0 Å².